The third kappa shape index (κ3) is 8.18. The Morgan fingerprint density at radius 3 is 2.07 bits per heavy atom. The predicted molar refractivity (Wildman–Crippen MR) is 64.5 cm³/mol. The van der Waals surface area contributed by atoms with Crippen molar-refractivity contribution >= 4 is 35.8 Å². The molecule has 8 heteroatoms. The molecule has 0 rings (SSSR count). The van der Waals surface area contributed by atoms with Crippen LogP contribution in [0.5, 0.6) is 0 Å². The van der Waals surface area contributed by atoms with Crippen LogP contribution in [-0.2, 0) is 19.9 Å². The van der Waals surface area contributed by atoms with Crippen LogP contribution in [0.1, 0.15) is 13.3 Å². The van der Waals surface area contributed by atoms with Crippen LogP contribution in [0, 0.1) is 0 Å². The van der Waals surface area contributed by atoms with Crippen LogP contribution in [0.25, 0.3) is 0 Å². The van der Waals surface area contributed by atoms with Crippen molar-refractivity contribution in [1.29, 1.82) is 0 Å². The number of hydrogen-bond donors (Lipinski definition) is 1. The zero-order valence-corrected chi connectivity index (χ0v) is 12.0. The van der Waals surface area contributed by atoms with E-state index in [1.165, 1.54) is 0 Å². The fourth-order valence-corrected chi connectivity index (χ4v) is 4.60. The van der Waals surface area contributed by atoms with Crippen LogP contribution < -0.4 is 4.72 Å². The molecular weight excluding hydrogens is 306 g/mol. The lowest BCUT2D eigenvalue weighted by atomic mass is 10.3. The Morgan fingerprint density at radius 2 is 1.73 bits per heavy atom. The van der Waals surface area contributed by atoms with Crippen LogP contribution in [0.4, 0.5) is 0 Å². The van der Waals surface area contributed by atoms with E-state index in [9.17, 15) is 16.8 Å². The van der Waals surface area contributed by atoms with E-state index in [0.717, 1.165) is 6.26 Å². The normalized spacial score (nSPS) is 15.1. The second-order valence-corrected chi connectivity index (χ2v) is 8.11. The minimum atomic E-state index is -3.50. The van der Waals surface area contributed by atoms with Crippen molar-refractivity contribution in [1.82, 2.24) is 4.72 Å². The Labute approximate surface area is 99.7 Å². The van der Waals surface area contributed by atoms with E-state index in [1.807, 2.05) is 6.92 Å². The van der Waals surface area contributed by atoms with Gasteiger partial charge in [-0.3, -0.25) is 0 Å². The standard InChI is InChI=1S/C7H16BrNO4S2/c1-3-7(6-8)9-15(12,13)5-4-14(2,10)11/h7,9H,3-6H2,1-2H3. The molecule has 0 aliphatic heterocycles. The van der Waals surface area contributed by atoms with Crippen LogP contribution in [0.2, 0.25) is 0 Å². The number of nitrogens with one attached hydrogen (secondary N) is 1. The average Bonchev–Trinajstić information content (AvgIpc) is 2.10. The van der Waals surface area contributed by atoms with Gasteiger partial charge in [0.2, 0.25) is 10.0 Å². The number of sulfonamides is 1. The first-order valence-corrected chi connectivity index (χ1v) is 9.27. The zero-order chi connectivity index (χ0) is 12.1. The lowest BCUT2D eigenvalue weighted by Gasteiger charge is -2.13. The average molecular weight is 322 g/mol. The van der Waals surface area contributed by atoms with Gasteiger partial charge in [-0.2, -0.15) is 0 Å². The summed E-state index contributed by atoms with van der Waals surface area (Å²) < 4.78 is 46.8. The van der Waals surface area contributed by atoms with E-state index < -0.39 is 19.9 Å². The first-order valence-electron chi connectivity index (χ1n) is 4.44. The van der Waals surface area contributed by atoms with E-state index in [4.69, 9.17) is 0 Å². The first-order chi connectivity index (χ1) is 6.70. The van der Waals surface area contributed by atoms with Gasteiger partial charge >= 0.3 is 0 Å². The molecule has 5 nitrogen and oxygen atoms in total. The number of sulfone groups is 1. The summed E-state index contributed by atoms with van der Waals surface area (Å²) in [7, 11) is -6.73. The van der Waals surface area contributed by atoms with Crippen molar-refractivity contribution in [2.75, 3.05) is 23.1 Å². The molecule has 0 aliphatic carbocycles. The molecule has 0 radical (unpaired) electrons. The van der Waals surface area contributed by atoms with Gasteiger partial charge in [0.05, 0.1) is 11.5 Å². The largest absolute Gasteiger partial charge is 0.229 e. The van der Waals surface area contributed by atoms with Gasteiger partial charge in [-0.05, 0) is 6.42 Å². The third-order valence-corrected chi connectivity index (χ3v) is 5.17. The van der Waals surface area contributed by atoms with E-state index >= 15 is 0 Å². The molecule has 1 N–H and O–H groups in total. The van der Waals surface area contributed by atoms with Crippen molar-refractivity contribution in [3.63, 3.8) is 0 Å². The number of halogens is 1. The molecule has 15 heavy (non-hydrogen) atoms. The van der Waals surface area contributed by atoms with Crippen molar-refractivity contribution in [3.8, 4) is 0 Å². The van der Waals surface area contributed by atoms with Gasteiger partial charge in [-0.15, -0.1) is 0 Å². The topological polar surface area (TPSA) is 80.3 Å². The fraction of sp³-hybridized carbons (Fsp3) is 1.00. The van der Waals surface area contributed by atoms with E-state index in [1.54, 1.807) is 0 Å². The molecule has 1 unspecified atom stereocenters. The van der Waals surface area contributed by atoms with Gasteiger partial charge < -0.3 is 0 Å². The molecule has 0 aromatic rings. The van der Waals surface area contributed by atoms with Crippen LogP contribution in [0.15, 0.2) is 0 Å². The Morgan fingerprint density at radius 1 is 1.20 bits per heavy atom. The summed E-state index contributed by atoms with van der Waals surface area (Å²) in [6, 6.07) is -0.186. The highest BCUT2D eigenvalue weighted by molar-refractivity contribution is 9.09. The highest BCUT2D eigenvalue weighted by Gasteiger charge is 2.17. The summed E-state index contributed by atoms with van der Waals surface area (Å²) in [5.41, 5.74) is 0. The maximum Gasteiger partial charge on any atom is 0.212 e. The molecule has 0 bridgehead atoms. The molecule has 1 atom stereocenters. The van der Waals surface area contributed by atoms with Gasteiger partial charge in [-0.1, -0.05) is 22.9 Å². The van der Waals surface area contributed by atoms with Gasteiger partial charge in [0.1, 0.15) is 9.84 Å². The first kappa shape index (κ1) is 15.3. The van der Waals surface area contributed by atoms with Crippen molar-refractivity contribution in [2.24, 2.45) is 0 Å². The highest BCUT2D eigenvalue weighted by atomic mass is 79.9. The van der Waals surface area contributed by atoms with E-state index in [2.05, 4.69) is 20.7 Å². The Balaban J connectivity index is 4.32. The van der Waals surface area contributed by atoms with Gasteiger partial charge in [0.15, 0.2) is 0 Å². The van der Waals surface area contributed by atoms with Crippen LogP contribution in [-0.4, -0.2) is 46.0 Å². The molecule has 0 spiro atoms. The van der Waals surface area contributed by atoms with E-state index in [0.29, 0.717) is 11.8 Å². The van der Waals surface area contributed by atoms with Gasteiger partial charge in [-0.25, -0.2) is 21.6 Å². The summed E-state index contributed by atoms with van der Waals surface area (Å²) in [5.74, 6) is -0.726. The minimum absolute atomic E-state index is 0.186. The van der Waals surface area contributed by atoms with Crippen molar-refractivity contribution in [2.45, 2.75) is 19.4 Å². The zero-order valence-electron chi connectivity index (χ0n) is 8.73. The molecule has 0 fully saturated rings. The van der Waals surface area contributed by atoms with E-state index in [-0.39, 0.29) is 17.5 Å². The molecule has 0 heterocycles. The third-order valence-electron chi connectivity index (χ3n) is 1.75. The highest BCUT2D eigenvalue weighted by Crippen LogP contribution is 1.99. The smallest absolute Gasteiger partial charge is 0.212 e. The summed E-state index contributed by atoms with van der Waals surface area (Å²) >= 11 is 3.17. The molecule has 0 aromatic heterocycles. The maximum atomic E-state index is 11.4. The number of alkyl halides is 1. The summed E-state index contributed by atoms with van der Waals surface area (Å²) in [4.78, 5) is 0. The number of hydrogen-bond acceptors (Lipinski definition) is 4. The molecular formula is C7H16BrNO4S2. The molecule has 0 saturated heterocycles. The van der Waals surface area contributed by atoms with Crippen LogP contribution >= 0.6 is 15.9 Å². The predicted octanol–water partition coefficient (Wildman–Crippen LogP) is 0.124. The molecule has 0 aliphatic rings. The minimum Gasteiger partial charge on any atom is -0.229 e. The lowest BCUT2D eigenvalue weighted by Crippen LogP contribution is -2.38. The lowest BCUT2D eigenvalue weighted by molar-refractivity contribution is 0.558. The maximum absolute atomic E-state index is 11.4. The monoisotopic (exact) mass is 321 g/mol. The molecule has 0 saturated carbocycles. The molecule has 0 amide bonds. The Bertz CT molecular complexity index is 372. The summed E-state index contributed by atoms with van der Waals surface area (Å²) in [5, 5.41) is 0.515. The van der Waals surface area contributed by atoms with Crippen LogP contribution in [0.3, 0.4) is 0 Å². The Hall–Kier alpha value is 0.340. The second-order valence-electron chi connectivity index (χ2n) is 3.33. The Kier molecular flexibility index (Phi) is 6.31. The summed E-state index contributed by atoms with van der Waals surface area (Å²) in [6.07, 6.45) is 1.67. The van der Waals surface area contributed by atoms with Crippen molar-refractivity contribution < 1.29 is 16.8 Å². The molecule has 92 valence electrons. The van der Waals surface area contributed by atoms with Gasteiger partial charge in [0.25, 0.3) is 0 Å². The molecule has 0 aromatic carbocycles. The van der Waals surface area contributed by atoms with Crippen molar-refractivity contribution in [3.05, 3.63) is 0 Å². The van der Waals surface area contributed by atoms with Gasteiger partial charge in [0, 0.05) is 17.6 Å². The summed E-state index contributed by atoms with van der Waals surface area (Å²) in [6.45, 7) is 1.85. The SMILES string of the molecule is CCC(CBr)NS(=O)(=O)CCS(C)(=O)=O. The number of rotatable bonds is 7. The fourth-order valence-electron chi connectivity index (χ4n) is 0.798. The second kappa shape index (κ2) is 6.17. The quantitative estimate of drug-likeness (QED) is 0.675.